The molecule has 0 spiro atoms. The van der Waals surface area contributed by atoms with E-state index in [0.29, 0.717) is 13.2 Å². The number of piperidine rings is 1. The molecule has 1 aliphatic rings. The molecule has 0 saturated carbocycles. The average Bonchev–Trinajstić information content (AvgIpc) is 2.61. The van der Waals surface area contributed by atoms with Crippen molar-refractivity contribution in [3.8, 4) is 0 Å². The van der Waals surface area contributed by atoms with Crippen molar-refractivity contribution >= 4 is 18.1 Å². The molecule has 1 amide bonds. The largest absolute Gasteiger partial charge is 0.461 e. The van der Waals surface area contributed by atoms with Crippen molar-refractivity contribution in [2.24, 2.45) is 0 Å². The van der Waals surface area contributed by atoms with Crippen LogP contribution >= 0.6 is 0 Å². The van der Waals surface area contributed by atoms with Gasteiger partial charge in [-0.25, -0.2) is 9.59 Å². The summed E-state index contributed by atoms with van der Waals surface area (Å²) in [4.78, 5) is 25.8. The van der Waals surface area contributed by atoms with E-state index in [-0.39, 0.29) is 18.1 Å². The first-order chi connectivity index (χ1) is 12.8. The Balaban J connectivity index is 1.60. The minimum absolute atomic E-state index is 0.132. The molecule has 27 heavy (non-hydrogen) atoms. The number of hydrogen-bond acceptors (Lipinski definition) is 5. The van der Waals surface area contributed by atoms with Gasteiger partial charge >= 0.3 is 12.1 Å². The Hall–Kier alpha value is -2.34. The smallest absolute Gasteiger partial charge is 0.407 e. The van der Waals surface area contributed by atoms with Crippen LogP contribution in [0.1, 0.15) is 39.2 Å². The molecular formula is C21H30N2O4. The fraction of sp³-hybridized carbons (Fsp3) is 0.524. The number of rotatable bonds is 6. The summed E-state index contributed by atoms with van der Waals surface area (Å²) in [5, 5.41) is 2.92. The quantitative estimate of drug-likeness (QED) is 0.612. The van der Waals surface area contributed by atoms with Crippen LogP contribution in [0, 0.1) is 0 Å². The monoisotopic (exact) mass is 374 g/mol. The summed E-state index contributed by atoms with van der Waals surface area (Å²) in [6.45, 7) is 8.34. The summed E-state index contributed by atoms with van der Waals surface area (Å²) in [7, 11) is 0. The van der Waals surface area contributed by atoms with Crippen LogP contribution in [0.15, 0.2) is 36.4 Å². The van der Waals surface area contributed by atoms with E-state index < -0.39 is 5.60 Å². The van der Waals surface area contributed by atoms with Gasteiger partial charge in [0.05, 0.1) is 0 Å². The maximum atomic E-state index is 11.8. The number of alkyl carbamates (subject to hydrolysis) is 1. The van der Waals surface area contributed by atoms with Crippen molar-refractivity contribution in [1.29, 1.82) is 0 Å². The Morgan fingerprint density at radius 3 is 2.48 bits per heavy atom. The highest BCUT2D eigenvalue weighted by atomic mass is 16.6. The maximum Gasteiger partial charge on any atom is 0.407 e. The van der Waals surface area contributed by atoms with Crippen LogP contribution < -0.4 is 5.32 Å². The first kappa shape index (κ1) is 21.0. The second-order valence-corrected chi connectivity index (χ2v) is 7.67. The van der Waals surface area contributed by atoms with Crippen LogP contribution in [0.25, 0.3) is 6.08 Å². The van der Waals surface area contributed by atoms with Gasteiger partial charge in [0.1, 0.15) is 12.2 Å². The van der Waals surface area contributed by atoms with Gasteiger partial charge in [0.2, 0.25) is 0 Å². The van der Waals surface area contributed by atoms with E-state index >= 15 is 0 Å². The van der Waals surface area contributed by atoms with Gasteiger partial charge in [0.25, 0.3) is 0 Å². The van der Waals surface area contributed by atoms with Gasteiger partial charge in [0, 0.05) is 31.8 Å². The first-order valence-electron chi connectivity index (χ1n) is 9.43. The van der Waals surface area contributed by atoms with Gasteiger partial charge in [-0.3, -0.25) is 4.90 Å². The van der Waals surface area contributed by atoms with Crippen LogP contribution in [0.5, 0.6) is 0 Å². The lowest BCUT2D eigenvalue weighted by atomic mass is 10.1. The molecule has 0 radical (unpaired) electrons. The number of esters is 1. The molecule has 6 heteroatoms. The van der Waals surface area contributed by atoms with E-state index in [2.05, 4.69) is 10.2 Å². The molecule has 1 heterocycles. The van der Waals surface area contributed by atoms with Gasteiger partial charge in [-0.15, -0.1) is 0 Å². The topological polar surface area (TPSA) is 67.9 Å². The third kappa shape index (κ3) is 8.73. The number of carbonyl (C=O) groups excluding carboxylic acids is 2. The van der Waals surface area contributed by atoms with Crippen molar-refractivity contribution in [2.45, 2.75) is 45.3 Å². The van der Waals surface area contributed by atoms with Crippen LogP contribution in [0.4, 0.5) is 4.79 Å². The molecule has 1 aliphatic heterocycles. The summed E-state index contributed by atoms with van der Waals surface area (Å²) >= 11 is 0. The van der Waals surface area contributed by atoms with E-state index in [0.717, 1.165) is 31.5 Å². The van der Waals surface area contributed by atoms with Crippen molar-refractivity contribution in [2.75, 3.05) is 26.2 Å². The van der Waals surface area contributed by atoms with Crippen LogP contribution in [0.3, 0.4) is 0 Å². The number of likely N-dealkylation sites (tertiary alicyclic amines) is 1. The molecule has 1 aromatic rings. The predicted molar refractivity (Wildman–Crippen MR) is 105 cm³/mol. The molecule has 0 unspecified atom stereocenters. The van der Waals surface area contributed by atoms with Gasteiger partial charge in [-0.05, 0) is 45.3 Å². The second kappa shape index (κ2) is 10.1. The average molecular weight is 374 g/mol. The lowest BCUT2D eigenvalue weighted by molar-refractivity contribution is -0.138. The fourth-order valence-electron chi connectivity index (χ4n) is 2.83. The number of carbonyl (C=O) groups is 2. The molecule has 6 nitrogen and oxygen atoms in total. The first-order valence-corrected chi connectivity index (χ1v) is 9.43. The molecule has 2 rings (SSSR count). The molecule has 148 valence electrons. The SMILES string of the molecule is CC(C)(C)OC(=O)NC1CCN(CCOC(=O)C=Cc2ccccc2)CC1. The molecule has 1 fully saturated rings. The predicted octanol–water partition coefficient (Wildman–Crippen LogP) is 3.23. The van der Waals surface area contributed by atoms with Crippen LogP contribution in [-0.2, 0) is 14.3 Å². The number of nitrogens with one attached hydrogen (secondary N) is 1. The lowest BCUT2D eigenvalue weighted by Gasteiger charge is -2.32. The minimum Gasteiger partial charge on any atom is -0.461 e. The van der Waals surface area contributed by atoms with Gasteiger partial charge in [0.15, 0.2) is 0 Å². The Labute approximate surface area is 161 Å². The van der Waals surface area contributed by atoms with Gasteiger partial charge in [-0.2, -0.15) is 0 Å². The zero-order valence-corrected chi connectivity index (χ0v) is 16.4. The van der Waals surface area contributed by atoms with E-state index in [4.69, 9.17) is 9.47 Å². The standard InChI is InChI=1S/C21H30N2O4/c1-21(2,3)27-20(25)22-18-11-13-23(14-12-18)15-16-26-19(24)10-9-17-7-5-4-6-8-17/h4-10,18H,11-16H2,1-3H3,(H,22,25). The summed E-state index contributed by atoms with van der Waals surface area (Å²) in [5.41, 5.74) is 0.484. The van der Waals surface area contributed by atoms with Crippen LogP contribution in [0.2, 0.25) is 0 Å². The molecule has 0 atom stereocenters. The van der Waals surface area contributed by atoms with E-state index in [1.54, 1.807) is 6.08 Å². The highest BCUT2D eigenvalue weighted by Gasteiger charge is 2.23. The highest BCUT2D eigenvalue weighted by Crippen LogP contribution is 2.12. The maximum absolute atomic E-state index is 11.8. The zero-order chi connectivity index (χ0) is 19.7. The molecule has 1 aromatic carbocycles. The third-order valence-corrected chi connectivity index (χ3v) is 4.17. The number of ether oxygens (including phenoxy) is 2. The van der Waals surface area contributed by atoms with Crippen molar-refractivity contribution in [3.05, 3.63) is 42.0 Å². The summed E-state index contributed by atoms with van der Waals surface area (Å²) in [5.74, 6) is -0.333. The molecule has 1 N–H and O–H groups in total. The van der Waals surface area contributed by atoms with E-state index in [1.807, 2.05) is 51.1 Å². The third-order valence-electron chi connectivity index (χ3n) is 4.17. The Morgan fingerprint density at radius 1 is 1.19 bits per heavy atom. The molecule has 1 saturated heterocycles. The Morgan fingerprint density at radius 2 is 1.85 bits per heavy atom. The van der Waals surface area contributed by atoms with E-state index in [9.17, 15) is 9.59 Å². The number of hydrogen-bond donors (Lipinski definition) is 1. The minimum atomic E-state index is -0.483. The molecular weight excluding hydrogens is 344 g/mol. The van der Waals surface area contributed by atoms with E-state index in [1.165, 1.54) is 6.08 Å². The van der Waals surface area contributed by atoms with Gasteiger partial charge in [-0.1, -0.05) is 30.3 Å². The summed E-state index contributed by atoms with van der Waals surface area (Å²) < 4.78 is 10.5. The molecule has 0 bridgehead atoms. The van der Waals surface area contributed by atoms with Crippen molar-refractivity contribution in [3.63, 3.8) is 0 Å². The highest BCUT2D eigenvalue weighted by molar-refractivity contribution is 5.87. The number of amides is 1. The number of benzene rings is 1. The van der Waals surface area contributed by atoms with Crippen molar-refractivity contribution in [1.82, 2.24) is 10.2 Å². The lowest BCUT2D eigenvalue weighted by Crippen LogP contribution is -2.46. The van der Waals surface area contributed by atoms with Crippen LogP contribution in [-0.4, -0.2) is 54.8 Å². The second-order valence-electron chi connectivity index (χ2n) is 7.67. The molecule has 0 aromatic heterocycles. The Kier molecular flexibility index (Phi) is 7.85. The fourth-order valence-corrected chi connectivity index (χ4v) is 2.83. The molecule has 0 aliphatic carbocycles. The normalized spacial score (nSPS) is 16.3. The van der Waals surface area contributed by atoms with Crippen molar-refractivity contribution < 1.29 is 19.1 Å². The van der Waals surface area contributed by atoms with Gasteiger partial charge < -0.3 is 14.8 Å². The number of nitrogens with zero attached hydrogens (tertiary/aromatic N) is 1. The Bertz CT molecular complexity index is 629. The summed E-state index contributed by atoms with van der Waals surface area (Å²) in [6.07, 6.45) is 4.56. The zero-order valence-electron chi connectivity index (χ0n) is 16.4. The summed E-state index contributed by atoms with van der Waals surface area (Å²) in [6, 6.07) is 9.77.